The maximum absolute atomic E-state index is 10.6. The fraction of sp³-hybridized carbons (Fsp3) is 0.429. The molecule has 0 aromatic heterocycles. The first kappa shape index (κ1) is 9.69. The molecule has 0 spiro atoms. The van der Waals surface area contributed by atoms with E-state index in [4.69, 9.17) is 15.9 Å². The molecule has 0 aromatic carbocycles. The van der Waals surface area contributed by atoms with Gasteiger partial charge in [-0.25, -0.2) is 0 Å². The average molecular weight is 185 g/mol. The fourth-order valence-corrected chi connectivity index (χ4v) is 0.838. The molecule has 0 radical (unpaired) electrons. The Labute approximate surface area is 74.8 Å². The van der Waals surface area contributed by atoms with Crippen LogP contribution in [0.3, 0.4) is 0 Å². The molecule has 0 saturated heterocycles. The summed E-state index contributed by atoms with van der Waals surface area (Å²) in [6, 6.07) is -0.740. The Bertz CT molecular complexity index is 277. The maximum Gasteiger partial charge on any atom is 0.268 e. The van der Waals surface area contributed by atoms with E-state index in [-0.39, 0.29) is 5.70 Å². The van der Waals surface area contributed by atoms with Gasteiger partial charge in [0.25, 0.3) is 5.91 Å². The minimum absolute atomic E-state index is 0.0560. The Morgan fingerprint density at radius 2 is 2.38 bits per heavy atom. The molecule has 0 aromatic rings. The van der Waals surface area contributed by atoms with Gasteiger partial charge in [-0.2, -0.15) is 0 Å². The zero-order valence-electron chi connectivity index (χ0n) is 7.06. The van der Waals surface area contributed by atoms with Gasteiger partial charge in [0, 0.05) is 12.4 Å². The van der Waals surface area contributed by atoms with Crippen LogP contribution in [0, 0.1) is 0 Å². The predicted octanol–water partition coefficient (Wildman–Crippen LogP) is -1.94. The Morgan fingerprint density at radius 1 is 1.77 bits per heavy atom. The number of hydrogen-bond acceptors (Lipinski definition) is 5. The van der Waals surface area contributed by atoms with Gasteiger partial charge in [0.1, 0.15) is 11.7 Å². The van der Waals surface area contributed by atoms with E-state index in [1.165, 1.54) is 19.3 Å². The molecule has 1 rings (SSSR count). The van der Waals surface area contributed by atoms with Crippen molar-refractivity contribution >= 4 is 12.1 Å². The largest absolute Gasteiger partial charge is 0.377 e. The molecule has 1 unspecified atom stereocenters. The summed E-state index contributed by atoms with van der Waals surface area (Å²) in [5.41, 5.74) is 4.99. The lowest BCUT2D eigenvalue weighted by Gasteiger charge is -2.26. The van der Waals surface area contributed by atoms with Crippen molar-refractivity contribution in [1.82, 2.24) is 5.32 Å². The van der Waals surface area contributed by atoms with Crippen molar-refractivity contribution in [2.24, 2.45) is 10.7 Å². The van der Waals surface area contributed by atoms with E-state index in [0.29, 0.717) is 0 Å². The highest BCUT2D eigenvalue weighted by Crippen LogP contribution is 2.08. The first-order valence-corrected chi connectivity index (χ1v) is 3.66. The third kappa shape index (κ3) is 2.27. The molecule has 6 heteroatoms. The summed E-state index contributed by atoms with van der Waals surface area (Å²) < 4.78 is 0. The highest BCUT2D eigenvalue weighted by atomic mass is 16.5. The van der Waals surface area contributed by atoms with Crippen LogP contribution in [0.1, 0.15) is 6.92 Å². The molecule has 1 amide bonds. The number of carbonyl (C=O) groups excluding carboxylic acids is 1. The zero-order valence-corrected chi connectivity index (χ0v) is 7.06. The van der Waals surface area contributed by atoms with Crippen LogP contribution >= 0.6 is 0 Å². The standard InChI is InChI=1S/C7H11N3O3/c1-7(12,13)5-3-9-4(2-10-5)6(8)11/h2-3,5,10,12-13H,1H3,(H2,8,11). The SMILES string of the molecule is CC(O)(O)C1C=NC(C(N)=O)=CN1. The number of rotatable bonds is 2. The lowest BCUT2D eigenvalue weighted by molar-refractivity contribution is -0.151. The van der Waals surface area contributed by atoms with E-state index >= 15 is 0 Å². The summed E-state index contributed by atoms with van der Waals surface area (Å²) >= 11 is 0. The molecule has 0 fully saturated rings. The molecular weight excluding hydrogens is 174 g/mol. The van der Waals surface area contributed by atoms with Gasteiger partial charge < -0.3 is 21.3 Å². The summed E-state index contributed by atoms with van der Waals surface area (Å²) in [7, 11) is 0. The third-order valence-corrected chi connectivity index (χ3v) is 1.60. The van der Waals surface area contributed by atoms with E-state index in [9.17, 15) is 4.79 Å². The molecule has 72 valence electrons. The third-order valence-electron chi connectivity index (χ3n) is 1.60. The Morgan fingerprint density at radius 3 is 2.69 bits per heavy atom. The van der Waals surface area contributed by atoms with Crippen LogP contribution in [-0.2, 0) is 4.79 Å². The van der Waals surface area contributed by atoms with E-state index in [1.807, 2.05) is 0 Å². The number of nitrogens with two attached hydrogens (primary N) is 1. The van der Waals surface area contributed by atoms with Crippen molar-refractivity contribution in [2.45, 2.75) is 18.8 Å². The van der Waals surface area contributed by atoms with Crippen molar-refractivity contribution in [3.8, 4) is 0 Å². The first-order valence-electron chi connectivity index (χ1n) is 3.66. The van der Waals surface area contributed by atoms with Gasteiger partial charge in [0.05, 0.1) is 0 Å². The van der Waals surface area contributed by atoms with Crippen LogP contribution in [0.5, 0.6) is 0 Å². The number of nitrogens with zero attached hydrogens (tertiary/aromatic N) is 1. The van der Waals surface area contributed by atoms with Crippen molar-refractivity contribution in [3.63, 3.8) is 0 Å². The average Bonchev–Trinajstić information content (AvgIpc) is 2.03. The van der Waals surface area contributed by atoms with E-state index < -0.39 is 17.7 Å². The van der Waals surface area contributed by atoms with Gasteiger partial charge in [-0.1, -0.05) is 0 Å². The molecule has 1 aliphatic heterocycles. The highest BCUT2D eigenvalue weighted by Gasteiger charge is 2.28. The van der Waals surface area contributed by atoms with Crippen LogP contribution in [-0.4, -0.2) is 34.2 Å². The Kier molecular flexibility index (Phi) is 2.35. The van der Waals surface area contributed by atoms with Crippen LogP contribution < -0.4 is 11.1 Å². The smallest absolute Gasteiger partial charge is 0.268 e. The molecule has 0 aliphatic carbocycles. The van der Waals surface area contributed by atoms with Crippen LogP contribution in [0.4, 0.5) is 0 Å². The summed E-state index contributed by atoms with van der Waals surface area (Å²) in [6.45, 7) is 1.21. The van der Waals surface area contributed by atoms with Crippen LogP contribution in [0.2, 0.25) is 0 Å². The van der Waals surface area contributed by atoms with Crippen molar-refractivity contribution in [3.05, 3.63) is 11.9 Å². The van der Waals surface area contributed by atoms with Gasteiger partial charge in [-0.15, -0.1) is 0 Å². The van der Waals surface area contributed by atoms with Crippen LogP contribution in [0.15, 0.2) is 16.9 Å². The van der Waals surface area contributed by atoms with Crippen molar-refractivity contribution < 1.29 is 15.0 Å². The Hall–Kier alpha value is -1.40. The summed E-state index contributed by atoms with van der Waals surface area (Å²) in [4.78, 5) is 14.2. The molecule has 13 heavy (non-hydrogen) atoms. The summed E-state index contributed by atoms with van der Waals surface area (Å²) in [5.74, 6) is -2.58. The summed E-state index contributed by atoms with van der Waals surface area (Å²) in [5, 5.41) is 20.8. The van der Waals surface area contributed by atoms with Crippen molar-refractivity contribution in [2.75, 3.05) is 0 Å². The number of aliphatic hydroxyl groups is 2. The Balaban J connectivity index is 2.69. The minimum Gasteiger partial charge on any atom is -0.377 e. The lowest BCUT2D eigenvalue weighted by atomic mass is 10.1. The molecule has 6 nitrogen and oxygen atoms in total. The quantitative estimate of drug-likeness (QED) is 0.375. The lowest BCUT2D eigenvalue weighted by Crippen LogP contribution is -2.49. The van der Waals surface area contributed by atoms with E-state index in [0.717, 1.165) is 0 Å². The number of nitrogens with one attached hydrogen (secondary N) is 1. The second-order valence-electron chi connectivity index (χ2n) is 2.91. The molecule has 5 N–H and O–H groups in total. The van der Waals surface area contributed by atoms with E-state index in [1.54, 1.807) is 0 Å². The zero-order chi connectivity index (χ0) is 10.1. The molecule has 0 saturated carbocycles. The number of aliphatic imine (C=N–C) groups is 1. The van der Waals surface area contributed by atoms with Crippen LogP contribution in [0.25, 0.3) is 0 Å². The molecule has 1 aliphatic rings. The van der Waals surface area contributed by atoms with Gasteiger partial charge in [0.15, 0.2) is 5.79 Å². The highest BCUT2D eigenvalue weighted by molar-refractivity contribution is 5.94. The topological polar surface area (TPSA) is 108 Å². The normalized spacial score (nSPS) is 22.1. The second kappa shape index (κ2) is 3.15. The fourth-order valence-electron chi connectivity index (χ4n) is 0.838. The number of primary amides is 1. The second-order valence-corrected chi connectivity index (χ2v) is 2.91. The molecule has 1 atom stereocenters. The summed E-state index contributed by atoms with van der Waals surface area (Å²) in [6.07, 6.45) is 2.47. The van der Waals surface area contributed by atoms with Gasteiger partial charge in [-0.3, -0.25) is 9.79 Å². The number of hydrogen-bond donors (Lipinski definition) is 4. The van der Waals surface area contributed by atoms with E-state index in [2.05, 4.69) is 10.3 Å². The minimum atomic E-state index is -1.91. The van der Waals surface area contributed by atoms with Gasteiger partial charge in [0.2, 0.25) is 0 Å². The maximum atomic E-state index is 10.6. The number of carbonyl (C=O) groups is 1. The number of amides is 1. The molecular formula is C7H11N3O3. The van der Waals surface area contributed by atoms with Crippen molar-refractivity contribution in [1.29, 1.82) is 0 Å². The predicted molar refractivity (Wildman–Crippen MR) is 45.5 cm³/mol. The molecule has 0 bridgehead atoms. The monoisotopic (exact) mass is 185 g/mol. The van der Waals surface area contributed by atoms with Gasteiger partial charge >= 0.3 is 0 Å². The first-order chi connectivity index (χ1) is 5.91. The van der Waals surface area contributed by atoms with Gasteiger partial charge in [-0.05, 0) is 6.92 Å². The molecule has 1 heterocycles.